The van der Waals surface area contributed by atoms with Gasteiger partial charge in [-0.15, -0.1) is 11.8 Å². The molecule has 0 aromatic heterocycles. The summed E-state index contributed by atoms with van der Waals surface area (Å²) in [5, 5.41) is 31.0. The molecule has 1 fully saturated rings. The fraction of sp³-hybridized carbons (Fsp3) is 0.250. The van der Waals surface area contributed by atoms with Crippen molar-refractivity contribution >= 4 is 17.4 Å². The van der Waals surface area contributed by atoms with E-state index in [-0.39, 0.29) is 28.6 Å². The number of rotatable bonds is 6. The maximum atomic E-state index is 13.2. The Kier molecular flexibility index (Phi) is 6.16. The molecule has 3 aromatic rings. The molecule has 1 saturated heterocycles. The average molecular weight is 426 g/mol. The van der Waals surface area contributed by atoms with Crippen molar-refractivity contribution in [3.63, 3.8) is 0 Å². The molecular formula is C24H24FNO3S. The number of phenolic OH excluding ortho intramolecular Hbond substituents is 2. The van der Waals surface area contributed by atoms with E-state index in [0.717, 1.165) is 23.5 Å². The van der Waals surface area contributed by atoms with Crippen LogP contribution in [0.25, 0.3) is 0 Å². The van der Waals surface area contributed by atoms with Gasteiger partial charge in [-0.2, -0.15) is 0 Å². The van der Waals surface area contributed by atoms with Crippen molar-refractivity contribution in [1.29, 1.82) is 0 Å². The number of thioether (sulfide) groups is 1. The van der Waals surface area contributed by atoms with Crippen LogP contribution in [0.5, 0.6) is 11.5 Å². The molecule has 30 heavy (non-hydrogen) atoms. The first-order chi connectivity index (χ1) is 14.5. The van der Waals surface area contributed by atoms with E-state index in [4.69, 9.17) is 0 Å². The van der Waals surface area contributed by atoms with Gasteiger partial charge in [0.15, 0.2) is 0 Å². The van der Waals surface area contributed by atoms with Gasteiger partial charge in [-0.1, -0.05) is 30.3 Å². The number of phenols is 2. The summed E-state index contributed by atoms with van der Waals surface area (Å²) >= 11 is 1.78. The zero-order valence-electron chi connectivity index (χ0n) is 16.4. The number of halogens is 1. The normalized spacial score (nSPS) is 19.7. The van der Waals surface area contributed by atoms with Crippen molar-refractivity contribution in [3.05, 3.63) is 89.7 Å². The quantitative estimate of drug-likeness (QED) is 0.495. The van der Waals surface area contributed by atoms with Gasteiger partial charge >= 0.3 is 0 Å². The largest absolute Gasteiger partial charge is 0.508 e. The van der Waals surface area contributed by atoms with Gasteiger partial charge in [0, 0.05) is 22.6 Å². The summed E-state index contributed by atoms with van der Waals surface area (Å²) in [4.78, 5) is 2.24. The number of hydrogen-bond donors (Lipinski definition) is 3. The standard InChI is InChI=1S/C24H24FNO3S/c25-17-8-6-16(7-9-17)21(28)12-13-23-24(20-11-10-19(27)14-22(20)29)26(15-30-23)18-4-2-1-3-5-18/h1-11,14,21,23-24,27-29H,12-13,15H2. The minimum atomic E-state index is -0.675. The number of anilines is 1. The van der Waals surface area contributed by atoms with Gasteiger partial charge in [-0.3, -0.25) is 0 Å². The molecule has 3 unspecified atom stereocenters. The minimum absolute atomic E-state index is 0.0245. The lowest BCUT2D eigenvalue weighted by Crippen LogP contribution is -2.27. The highest BCUT2D eigenvalue weighted by molar-refractivity contribution is 8.00. The lowest BCUT2D eigenvalue weighted by atomic mass is 9.95. The zero-order valence-corrected chi connectivity index (χ0v) is 17.2. The first kappa shape index (κ1) is 20.6. The maximum Gasteiger partial charge on any atom is 0.124 e. The highest BCUT2D eigenvalue weighted by Gasteiger charge is 2.37. The van der Waals surface area contributed by atoms with Crippen molar-refractivity contribution in [2.45, 2.75) is 30.2 Å². The maximum absolute atomic E-state index is 13.2. The first-order valence-electron chi connectivity index (χ1n) is 9.91. The highest BCUT2D eigenvalue weighted by Crippen LogP contribution is 2.47. The molecule has 0 amide bonds. The molecule has 0 saturated carbocycles. The van der Waals surface area contributed by atoms with Crippen LogP contribution in [0.15, 0.2) is 72.8 Å². The molecule has 4 rings (SSSR count). The van der Waals surface area contributed by atoms with Crippen LogP contribution in [0, 0.1) is 5.82 Å². The Morgan fingerprint density at radius 1 is 1.00 bits per heavy atom. The molecule has 6 heteroatoms. The molecule has 1 aliphatic rings. The lowest BCUT2D eigenvalue weighted by molar-refractivity contribution is 0.163. The molecule has 1 heterocycles. The molecule has 3 N–H and O–H groups in total. The third-order valence-electron chi connectivity index (χ3n) is 5.52. The molecule has 0 bridgehead atoms. The van der Waals surface area contributed by atoms with E-state index in [2.05, 4.69) is 4.90 Å². The van der Waals surface area contributed by atoms with Gasteiger partial charge in [-0.25, -0.2) is 4.39 Å². The van der Waals surface area contributed by atoms with Crippen LogP contribution in [0.1, 0.15) is 36.1 Å². The number of aromatic hydroxyl groups is 2. The smallest absolute Gasteiger partial charge is 0.124 e. The first-order valence-corrected chi connectivity index (χ1v) is 11.0. The van der Waals surface area contributed by atoms with Crippen molar-refractivity contribution in [2.75, 3.05) is 10.8 Å². The molecular weight excluding hydrogens is 401 g/mol. The van der Waals surface area contributed by atoms with Gasteiger partial charge < -0.3 is 20.2 Å². The summed E-state index contributed by atoms with van der Waals surface area (Å²) in [7, 11) is 0. The number of hydrogen-bond acceptors (Lipinski definition) is 5. The Labute approximate surface area is 179 Å². The molecule has 1 aliphatic heterocycles. The number of para-hydroxylation sites is 1. The molecule has 0 aliphatic carbocycles. The second-order valence-electron chi connectivity index (χ2n) is 7.47. The van der Waals surface area contributed by atoms with Crippen molar-refractivity contribution in [3.8, 4) is 11.5 Å². The Hall–Kier alpha value is -2.70. The second kappa shape index (κ2) is 8.98. The monoisotopic (exact) mass is 425 g/mol. The number of aliphatic hydroxyl groups is 1. The Morgan fingerprint density at radius 2 is 1.73 bits per heavy atom. The Balaban J connectivity index is 1.57. The Morgan fingerprint density at radius 3 is 2.43 bits per heavy atom. The summed E-state index contributed by atoms with van der Waals surface area (Å²) in [5.74, 6) is 0.523. The molecule has 3 aromatic carbocycles. The SMILES string of the molecule is Oc1ccc(C2C(CCC(O)c3ccc(F)cc3)SCN2c2ccccc2)c(O)c1. The second-order valence-corrected chi connectivity index (χ2v) is 8.67. The average Bonchev–Trinajstić information content (AvgIpc) is 3.17. The Bertz CT molecular complexity index is 984. The van der Waals surface area contributed by atoms with Crippen molar-refractivity contribution in [1.82, 2.24) is 0 Å². The van der Waals surface area contributed by atoms with Crippen molar-refractivity contribution < 1.29 is 19.7 Å². The van der Waals surface area contributed by atoms with E-state index in [1.54, 1.807) is 36.0 Å². The van der Waals surface area contributed by atoms with E-state index in [1.807, 2.05) is 30.3 Å². The summed E-state index contributed by atoms with van der Waals surface area (Å²) in [6.45, 7) is 0. The summed E-state index contributed by atoms with van der Waals surface area (Å²) in [6.07, 6.45) is 0.574. The predicted octanol–water partition coefficient (Wildman–Crippen LogP) is 5.37. The topological polar surface area (TPSA) is 63.9 Å². The third-order valence-corrected chi connectivity index (χ3v) is 6.86. The zero-order chi connectivity index (χ0) is 21.1. The van der Waals surface area contributed by atoms with E-state index in [9.17, 15) is 19.7 Å². The van der Waals surface area contributed by atoms with Crippen LogP contribution in [-0.2, 0) is 0 Å². The lowest BCUT2D eigenvalue weighted by Gasteiger charge is -2.30. The highest BCUT2D eigenvalue weighted by atomic mass is 32.2. The van der Waals surface area contributed by atoms with Crippen LogP contribution < -0.4 is 4.90 Å². The van der Waals surface area contributed by atoms with E-state index in [0.29, 0.717) is 12.0 Å². The van der Waals surface area contributed by atoms with Gasteiger partial charge in [0.05, 0.1) is 18.0 Å². The predicted molar refractivity (Wildman–Crippen MR) is 118 cm³/mol. The molecule has 156 valence electrons. The number of nitrogens with zero attached hydrogens (tertiary/aromatic N) is 1. The van der Waals surface area contributed by atoms with E-state index in [1.165, 1.54) is 18.2 Å². The fourth-order valence-corrected chi connectivity index (χ4v) is 5.41. The summed E-state index contributed by atoms with van der Waals surface area (Å²) in [6, 6.07) is 20.6. The minimum Gasteiger partial charge on any atom is -0.508 e. The van der Waals surface area contributed by atoms with E-state index < -0.39 is 6.10 Å². The number of benzene rings is 3. The van der Waals surface area contributed by atoms with Crippen LogP contribution in [-0.4, -0.2) is 26.4 Å². The summed E-state index contributed by atoms with van der Waals surface area (Å²) in [5.41, 5.74) is 2.51. The van der Waals surface area contributed by atoms with Gasteiger partial charge in [0.25, 0.3) is 0 Å². The van der Waals surface area contributed by atoms with Gasteiger partial charge in [0.1, 0.15) is 17.3 Å². The van der Waals surface area contributed by atoms with Crippen LogP contribution >= 0.6 is 11.8 Å². The van der Waals surface area contributed by atoms with Gasteiger partial charge in [-0.05, 0) is 54.8 Å². The van der Waals surface area contributed by atoms with Crippen LogP contribution in [0.2, 0.25) is 0 Å². The van der Waals surface area contributed by atoms with Crippen LogP contribution in [0.4, 0.5) is 10.1 Å². The van der Waals surface area contributed by atoms with Crippen molar-refractivity contribution in [2.24, 2.45) is 0 Å². The number of aliphatic hydroxyl groups excluding tert-OH is 1. The third kappa shape index (κ3) is 4.40. The summed E-state index contributed by atoms with van der Waals surface area (Å²) < 4.78 is 13.2. The molecule has 3 atom stereocenters. The molecule has 0 radical (unpaired) electrons. The molecule has 4 nitrogen and oxygen atoms in total. The van der Waals surface area contributed by atoms with Gasteiger partial charge in [0.2, 0.25) is 0 Å². The van der Waals surface area contributed by atoms with Crippen LogP contribution in [0.3, 0.4) is 0 Å². The molecule has 0 spiro atoms. The van der Waals surface area contributed by atoms with E-state index >= 15 is 0 Å². The fourth-order valence-electron chi connectivity index (χ4n) is 3.97.